The van der Waals surface area contributed by atoms with Crippen molar-refractivity contribution in [2.75, 3.05) is 46.7 Å². The number of hydrogen-bond donors (Lipinski definition) is 9. The highest BCUT2D eigenvalue weighted by Crippen LogP contribution is 2.33. The molecular weight excluding hydrogens is 1220 g/mol. The number of carbonyl (C=O) groups is 8. The quantitative estimate of drug-likeness (QED) is 0.0350. The monoisotopic (exact) mass is 1310 g/mol. The second-order valence-electron chi connectivity index (χ2n) is 24.5. The largest absolute Gasteiger partial charge is 0.479 e. The van der Waals surface area contributed by atoms with Crippen molar-refractivity contribution in [3.63, 3.8) is 0 Å². The summed E-state index contributed by atoms with van der Waals surface area (Å²) in [7, 11) is 5.93. The number of carboxylic acids is 1. The van der Waals surface area contributed by atoms with E-state index in [0.717, 1.165) is 4.90 Å². The molecule has 7 amide bonds. The molecule has 0 unspecified atom stereocenters. The normalized spacial score (nSPS) is 20.9. The molecule has 2 aliphatic rings. The van der Waals surface area contributed by atoms with Gasteiger partial charge in [-0.15, -0.1) is 20.4 Å². The Morgan fingerprint density at radius 2 is 1.47 bits per heavy atom. The molecule has 514 valence electrons. The third-order valence-corrected chi connectivity index (χ3v) is 17.3. The Balaban J connectivity index is 1.11. The average Bonchev–Trinajstić information content (AvgIpc) is 1.07. The van der Waals surface area contributed by atoms with Crippen LogP contribution in [0.15, 0.2) is 79.1 Å². The number of likely N-dealkylation sites (tertiary alicyclic amines) is 1. The number of carboxylic acid groups (broad SMARTS) is 1. The van der Waals surface area contributed by atoms with E-state index in [-0.39, 0.29) is 65.5 Å². The first-order chi connectivity index (χ1) is 44.6. The first-order valence-electron chi connectivity index (χ1n) is 31.4. The van der Waals surface area contributed by atoms with E-state index in [1.165, 1.54) is 62.8 Å². The van der Waals surface area contributed by atoms with Crippen molar-refractivity contribution >= 4 is 53.2 Å². The SMILES string of the molecule is CC[C@H](C)[C@@H]([C@@H](CC(=O)N1CCC[C@H]1[C@H](OC)[C@@H](C)C(=O)N[C@H](C)[C@@H](O)c1ccccc1)OC)N(C)C(=O)[C@@H](NC(=O)[C@H](C(C)C)N(C)C(=O)OCc1ccc(O[C@H]2O[C@H](C(=O)O)[C@@H](O)[C@H](O)[C@H]2O)c(NC(=O)CCNC(=O)c2ccc(-c3nncnn3)cc2)c1)C(C)C. The molecule has 2 saturated heterocycles. The van der Waals surface area contributed by atoms with Gasteiger partial charge in [-0.3, -0.25) is 33.7 Å². The molecule has 1 aromatic heterocycles. The summed E-state index contributed by atoms with van der Waals surface area (Å²) in [6.45, 7) is 14.1. The van der Waals surface area contributed by atoms with Crippen LogP contribution in [0.1, 0.15) is 115 Å². The number of benzene rings is 3. The van der Waals surface area contributed by atoms with E-state index < -0.39 is 139 Å². The number of carbonyl (C=O) groups excluding carboxylic acids is 7. The lowest BCUT2D eigenvalue weighted by Crippen LogP contribution is -2.61. The molecule has 3 heterocycles. The van der Waals surface area contributed by atoms with Crippen molar-refractivity contribution < 1.29 is 87.6 Å². The van der Waals surface area contributed by atoms with Gasteiger partial charge in [-0.2, -0.15) is 0 Å². The molecule has 4 aromatic rings. The first-order valence-corrected chi connectivity index (χ1v) is 31.4. The van der Waals surface area contributed by atoms with Crippen LogP contribution in [0.25, 0.3) is 11.4 Å². The van der Waals surface area contributed by atoms with Crippen LogP contribution in [-0.4, -0.2) is 223 Å². The number of amides is 7. The number of aliphatic hydroxyl groups is 4. The van der Waals surface area contributed by atoms with Gasteiger partial charge in [0.1, 0.15) is 42.8 Å². The Kier molecular flexibility index (Phi) is 27.6. The predicted octanol–water partition coefficient (Wildman–Crippen LogP) is 2.86. The summed E-state index contributed by atoms with van der Waals surface area (Å²) in [4.78, 5) is 114. The van der Waals surface area contributed by atoms with Crippen LogP contribution in [0.4, 0.5) is 10.5 Å². The summed E-state index contributed by atoms with van der Waals surface area (Å²) in [6, 6.07) is 15.2. The fourth-order valence-electron chi connectivity index (χ4n) is 11.8. The Bertz CT molecular complexity index is 3190. The van der Waals surface area contributed by atoms with Gasteiger partial charge in [-0.05, 0) is 72.9 Å². The maximum absolute atomic E-state index is 14.9. The Hall–Kier alpha value is -8.32. The summed E-state index contributed by atoms with van der Waals surface area (Å²) in [6.07, 6.45) is -10.8. The molecule has 0 saturated carbocycles. The fourth-order valence-corrected chi connectivity index (χ4v) is 11.8. The van der Waals surface area contributed by atoms with Crippen LogP contribution in [0.3, 0.4) is 0 Å². The first kappa shape index (κ1) is 74.7. The molecule has 3 aromatic carbocycles. The molecule has 6 rings (SSSR count). The van der Waals surface area contributed by atoms with Crippen molar-refractivity contribution in [3.05, 3.63) is 95.8 Å². The van der Waals surface area contributed by atoms with E-state index >= 15 is 0 Å². The van der Waals surface area contributed by atoms with Crippen LogP contribution in [-0.2, 0) is 54.3 Å². The van der Waals surface area contributed by atoms with Gasteiger partial charge in [0.15, 0.2) is 12.4 Å². The van der Waals surface area contributed by atoms with Gasteiger partial charge in [0.2, 0.25) is 41.7 Å². The van der Waals surface area contributed by atoms with Gasteiger partial charge in [0, 0.05) is 59.0 Å². The smallest absolute Gasteiger partial charge is 0.410 e. The van der Waals surface area contributed by atoms with Gasteiger partial charge in [0.25, 0.3) is 5.91 Å². The average molecular weight is 1310 g/mol. The van der Waals surface area contributed by atoms with E-state index in [2.05, 4.69) is 41.7 Å². The highest BCUT2D eigenvalue weighted by molar-refractivity contribution is 5.96. The summed E-state index contributed by atoms with van der Waals surface area (Å²) >= 11 is 0. The van der Waals surface area contributed by atoms with E-state index in [0.29, 0.717) is 36.9 Å². The summed E-state index contributed by atoms with van der Waals surface area (Å²) in [5.74, 6) is -6.52. The van der Waals surface area contributed by atoms with Crippen LogP contribution in [0, 0.1) is 23.7 Å². The van der Waals surface area contributed by atoms with Gasteiger partial charge in [-0.25, -0.2) is 9.59 Å². The molecule has 15 atom stereocenters. The zero-order valence-electron chi connectivity index (χ0n) is 55.2. The summed E-state index contributed by atoms with van der Waals surface area (Å²) in [5.41, 5.74) is 1.59. The van der Waals surface area contributed by atoms with Gasteiger partial charge in [-0.1, -0.05) is 103 Å². The van der Waals surface area contributed by atoms with E-state index in [1.54, 1.807) is 89.9 Å². The number of hydrogen-bond acceptors (Lipinski definition) is 21. The minimum atomic E-state index is -2.03. The Morgan fingerprint density at radius 3 is 2.07 bits per heavy atom. The van der Waals surface area contributed by atoms with E-state index in [9.17, 15) is 63.9 Å². The van der Waals surface area contributed by atoms with Crippen LogP contribution in [0.5, 0.6) is 5.75 Å². The number of nitrogens with zero attached hydrogens (tertiary/aromatic N) is 7. The molecule has 0 aliphatic carbocycles. The second-order valence-corrected chi connectivity index (χ2v) is 24.5. The Morgan fingerprint density at radius 1 is 0.798 bits per heavy atom. The highest BCUT2D eigenvalue weighted by Gasteiger charge is 2.49. The number of aliphatic hydroxyl groups excluding tert-OH is 4. The number of nitrogens with one attached hydrogen (secondary N) is 4. The third-order valence-electron chi connectivity index (χ3n) is 17.3. The minimum absolute atomic E-state index is 0.117. The number of rotatable bonds is 31. The molecule has 9 N–H and O–H groups in total. The molecular formula is C65H91N11O18. The standard InChI is InChI=1S/C65H91N11O18/c1-13-36(6)51(46(90-11)31-48(78)76-29-17-20-44(76)56(91-12)37(7)59(83)69-38(8)52(79)40-18-15-14-16-19-40)74(9)62(86)49(34(2)3)71-61(85)50(35(4)5)75(10)65(89)92-32-39-21-26-45(93-64-55(82)53(80)54(81)57(94-64)63(87)88)43(30-39)70-47(77)27-28-66-60(84)42-24-22-41(23-25-42)58-72-67-33-68-73-58/h14-16,18-19,21-26,30,33-38,44,46,49-57,64,79-82H,13,17,20,27-29,31-32H2,1-12H3,(H,66,84)(H,69,83)(H,70,77)(H,71,85)(H,87,88)/t36-,37+,38+,44-,46+,49-,50-,51-,52+,53-,54-,55+,56+,57-,64-/m0/s1. The van der Waals surface area contributed by atoms with Crippen molar-refractivity contribution in [2.24, 2.45) is 23.7 Å². The molecule has 94 heavy (non-hydrogen) atoms. The van der Waals surface area contributed by atoms with Crippen molar-refractivity contribution in [2.45, 2.75) is 173 Å². The van der Waals surface area contributed by atoms with Crippen molar-refractivity contribution in [3.8, 4) is 17.1 Å². The lowest BCUT2D eigenvalue weighted by molar-refractivity contribution is -0.271. The van der Waals surface area contributed by atoms with Gasteiger partial charge in [0.05, 0.1) is 54.5 Å². The Labute approximate surface area is 546 Å². The molecule has 29 heteroatoms. The fraction of sp³-hybridized carbons (Fsp3) is 0.569. The zero-order chi connectivity index (χ0) is 69.2. The molecule has 2 aliphatic heterocycles. The zero-order valence-corrected chi connectivity index (χ0v) is 55.2. The van der Waals surface area contributed by atoms with Crippen LogP contribution >= 0.6 is 0 Å². The number of anilines is 1. The molecule has 29 nitrogen and oxygen atoms in total. The van der Waals surface area contributed by atoms with Gasteiger partial charge < -0.3 is 80.3 Å². The van der Waals surface area contributed by atoms with Gasteiger partial charge >= 0.3 is 12.1 Å². The maximum atomic E-state index is 14.9. The molecule has 0 spiro atoms. The lowest BCUT2D eigenvalue weighted by Gasteiger charge is -2.41. The number of aromatic nitrogens is 4. The van der Waals surface area contributed by atoms with Crippen molar-refractivity contribution in [1.82, 2.24) is 51.0 Å². The summed E-state index contributed by atoms with van der Waals surface area (Å²) in [5, 5.41) is 78.5. The van der Waals surface area contributed by atoms with Crippen LogP contribution < -0.4 is 26.0 Å². The minimum Gasteiger partial charge on any atom is -0.479 e. The van der Waals surface area contributed by atoms with Crippen molar-refractivity contribution in [1.29, 1.82) is 0 Å². The molecule has 0 radical (unpaired) electrons. The predicted molar refractivity (Wildman–Crippen MR) is 338 cm³/mol. The number of methoxy groups -OCH3 is 2. The topological polar surface area (TPSA) is 393 Å². The highest BCUT2D eigenvalue weighted by atomic mass is 16.7. The van der Waals surface area contributed by atoms with E-state index in [1.807, 2.05) is 19.9 Å². The second kappa shape index (κ2) is 34.7. The van der Waals surface area contributed by atoms with Crippen LogP contribution in [0.2, 0.25) is 0 Å². The maximum Gasteiger partial charge on any atom is 0.410 e. The molecule has 2 fully saturated rings. The summed E-state index contributed by atoms with van der Waals surface area (Å²) < 4.78 is 28.9. The lowest BCUT2D eigenvalue weighted by atomic mass is 9.89. The third kappa shape index (κ3) is 19.0. The number of aliphatic carboxylic acids is 1. The van der Waals surface area contributed by atoms with E-state index in [4.69, 9.17) is 23.7 Å². The number of ether oxygens (including phenoxy) is 5. The number of likely N-dealkylation sites (N-methyl/N-ethyl adjacent to an activating group) is 2. The molecule has 0 bridgehead atoms.